The lowest BCUT2D eigenvalue weighted by Crippen LogP contribution is -2.50. The Bertz CT molecular complexity index is 1070. The van der Waals surface area contributed by atoms with Crippen LogP contribution in [0.4, 0.5) is 22.0 Å². The lowest BCUT2D eigenvalue weighted by atomic mass is 9.99. The third kappa shape index (κ3) is 5.66. The molecule has 1 aliphatic heterocycles. The molecule has 1 aromatic carbocycles. The highest BCUT2D eigenvalue weighted by atomic mass is 31.2. The Balaban J connectivity index is 1.80. The zero-order valence-corrected chi connectivity index (χ0v) is 17.0. The van der Waals surface area contributed by atoms with Crippen LogP contribution in [0.3, 0.4) is 0 Å². The van der Waals surface area contributed by atoms with Crippen molar-refractivity contribution in [2.24, 2.45) is 5.73 Å². The van der Waals surface area contributed by atoms with E-state index in [1.807, 2.05) is 0 Å². The van der Waals surface area contributed by atoms with Gasteiger partial charge in [-0.3, -0.25) is 9.32 Å². The maximum Gasteiger partial charge on any atom is 0.471 e. The van der Waals surface area contributed by atoms with Crippen LogP contribution in [0.1, 0.15) is 23.6 Å². The Morgan fingerprint density at radius 3 is 2.53 bits per heavy atom. The van der Waals surface area contributed by atoms with Crippen molar-refractivity contribution in [1.82, 2.24) is 19.7 Å². The molecule has 10 nitrogen and oxygen atoms in total. The minimum atomic E-state index is -5.28. The highest BCUT2D eigenvalue weighted by Gasteiger charge is 2.42. The number of phosphoric acid groups is 1. The van der Waals surface area contributed by atoms with Crippen molar-refractivity contribution < 1.29 is 45.6 Å². The summed E-state index contributed by atoms with van der Waals surface area (Å²) in [6.07, 6.45) is -6.42. The van der Waals surface area contributed by atoms with Crippen LogP contribution in [0.25, 0.3) is 0 Å². The first-order chi connectivity index (χ1) is 14.7. The number of halogens is 5. The van der Waals surface area contributed by atoms with Crippen molar-refractivity contribution in [3.63, 3.8) is 0 Å². The molecule has 0 spiro atoms. The number of aromatic nitrogens is 3. The minimum absolute atomic E-state index is 0.161. The van der Waals surface area contributed by atoms with Gasteiger partial charge in [0.1, 0.15) is 17.4 Å². The van der Waals surface area contributed by atoms with Gasteiger partial charge in [-0.25, -0.2) is 13.3 Å². The highest BCUT2D eigenvalue weighted by Crippen LogP contribution is 2.42. The number of carbonyl (C=O) groups excluding carboxylic acids is 1. The fraction of sp³-hybridized carbons (Fsp3) is 0.438. The molecule has 2 heterocycles. The second kappa shape index (κ2) is 8.48. The number of hydrogen-bond donors (Lipinski definition) is 3. The molecule has 0 radical (unpaired) electrons. The van der Waals surface area contributed by atoms with Gasteiger partial charge in [0.25, 0.3) is 0 Å². The average molecular weight is 485 g/mol. The molecule has 0 saturated carbocycles. The van der Waals surface area contributed by atoms with E-state index in [4.69, 9.17) is 5.73 Å². The average Bonchev–Trinajstić information content (AvgIpc) is 3.06. The van der Waals surface area contributed by atoms with Gasteiger partial charge in [0, 0.05) is 19.5 Å². The zero-order valence-electron chi connectivity index (χ0n) is 16.1. The number of benzene rings is 1. The van der Waals surface area contributed by atoms with Gasteiger partial charge in [-0.2, -0.15) is 13.2 Å². The monoisotopic (exact) mass is 485 g/mol. The molecule has 0 bridgehead atoms. The maximum atomic E-state index is 14.0. The van der Waals surface area contributed by atoms with Crippen LogP contribution in [0, 0.1) is 11.6 Å². The second-order valence-electron chi connectivity index (χ2n) is 7.14. The highest BCUT2D eigenvalue weighted by molar-refractivity contribution is 7.46. The summed E-state index contributed by atoms with van der Waals surface area (Å²) >= 11 is 0. The van der Waals surface area contributed by atoms with Gasteiger partial charge >= 0.3 is 14.0 Å². The molecule has 176 valence electrons. The number of amides is 1. The second-order valence-corrected chi connectivity index (χ2v) is 8.30. The number of nitrogens with two attached hydrogens (primary N) is 1. The largest absolute Gasteiger partial charge is 0.471 e. The number of fused-ring (bicyclic) bond motifs is 1. The van der Waals surface area contributed by atoms with E-state index in [9.17, 15) is 41.1 Å². The molecule has 1 aromatic heterocycles. The van der Waals surface area contributed by atoms with E-state index in [-0.39, 0.29) is 25.5 Å². The summed E-state index contributed by atoms with van der Waals surface area (Å²) in [6, 6.07) is 2.30. The lowest BCUT2D eigenvalue weighted by molar-refractivity contribution is -0.148. The van der Waals surface area contributed by atoms with Crippen LogP contribution in [0.15, 0.2) is 18.2 Å². The Morgan fingerprint density at radius 1 is 1.22 bits per heavy atom. The number of hydrogen-bond acceptors (Lipinski definition) is 6. The number of rotatable bonds is 6. The molecule has 0 unspecified atom stereocenters. The zero-order chi connectivity index (χ0) is 23.9. The quantitative estimate of drug-likeness (QED) is 0.316. The summed E-state index contributed by atoms with van der Waals surface area (Å²) < 4.78 is 83.0. The van der Waals surface area contributed by atoms with E-state index in [1.54, 1.807) is 0 Å². The van der Waals surface area contributed by atoms with E-state index in [2.05, 4.69) is 14.7 Å². The van der Waals surface area contributed by atoms with Crippen LogP contribution < -0.4 is 5.73 Å². The smallest absolute Gasteiger partial charge is 0.333 e. The topological polar surface area (TPSA) is 144 Å². The molecular formula is C16H17F5N5O5P. The number of nitrogens with zero attached hydrogens (tertiary/aromatic N) is 4. The molecule has 0 saturated heterocycles. The summed E-state index contributed by atoms with van der Waals surface area (Å²) in [6.45, 7) is -0.895. The molecule has 2 aromatic rings. The molecule has 1 atom stereocenters. The molecule has 16 heteroatoms. The van der Waals surface area contributed by atoms with E-state index in [0.29, 0.717) is 0 Å². The molecular weight excluding hydrogens is 468 g/mol. The van der Waals surface area contributed by atoms with Crippen molar-refractivity contribution in [1.29, 1.82) is 0 Å². The maximum absolute atomic E-state index is 14.0. The van der Waals surface area contributed by atoms with Crippen LogP contribution in [0.5, 0.6) is 0 Å². The predicted molar refractivity (Wildman–Crippen MR) is 95.2 cm³/mol. The van der Waals surface area contributed by atoms with Gasteiger partial charge < -0.3 is 25.0 Å². The Labute approximate surface area is 177 Å². The third-order valence-corrected chi connectivity index (χ3v) is 5.21. The van der Waals surface area contributed by atoms with Gasteiger partial charge in [-0.1, -0.05) is 0 Å². The van der Waals surface area contributed by atoms with Gasteiger partial charge in [-0.15, -0.1) is 10.2 Å². The fourth-order valence-corrected chi connectivity index (χ4v) is 3.92. The Hall–Kier alpha value is -2.45. The molecule has 1 aliphatic rings. The molecule has 1 amide bonds. The van der Waals surface area contributed by atoms with Crippen molar-refractivity contribution in [3.05, 3.63) is 47.0 Å². The van der Waals surface area contributed by atoms with Crippen molar-refractivity contribution in [2.45, 2.75) is 37.8 Å². The third-order valence-electron chi connectivity index (χ3n) is 4.61. The first-order valence-corrected chi connectivity index (χ1v) is 10.5. The van der Waals surface area contributed by atoms with E-state index >= 15 is 0 Å². The molecule has 0 aliphatic carbocycles. The number of alkyl halides is 3. The van der Waals surface area contributed by atoms with E-state index in [1.165, 1.54) is 0 Å². The standard InChI is InChI=1S/C16H17F5N5O5P/c17-10-1-2-11(18)9(5-10)6-15(22,31-32(28,29)30)7-13(27)25-3-4-26-12(8-25)23-24-14(26)16(19,20)21/h1-2,5H,3-4,6-8,22H2,(H2,28,29,30)/t15-/m0/s1. The van der Waals surface area contributed by atoms with Crippen molar-refractivity contribution in [3.8, 4) is 0 Å². The Morgan fingerprint density at radius 2 is 1.91 bits per heavy atom. The van der Waals surface area contributed by atoms with Gasteiger partial charge in [0.2, 0.25) is 11.7 Å². The first kappa shape index (κ1) is 24.2. The molecule has 4 N–H and O–H groups in total. The Kier molecular flexibility index (Phi) is 6.41. The van der Waals surface area contributed by atoms with Gasteiger partial charge in [-0.05, 0) is 23.8 Å². The summed E-state index contributed by atoms with van der Waals surface area (Å²) in [5.41, 5.74) is 3.01. The van der Waals surface area contributed by atoms with Crippen LogP contribution in [-0.2, 0) is 39.6 Å². The van der Waals surface area contributed by atoms with Gasteiger partial charge in [0.05, 0.1) is 13.0 Å². The van der Waals surface area contributed by atoms with E-state index < -0.39 is 61.5 Å². The van der Waals surface area contributed by atoms with Crippen molar-refractivity contribution in [2.75, 3.05) is 6.54 Å². The SMILES string of the molecule is N[C@@](CC(=O)N1CCn2c(nnc2C(F)(F)F)C1)(Cc1cc(F)ccc1F)OP(=O)(O)O. The minimum Gasteiger partial charge on any atom is -0.333 e. The van der Waals surface area contributed by atoms with Crippen LogP contribution >= 0.6 is 7.82 Å². The number of carbonyl (C=O) groups is 1. The molecule has 0 fully saturated rings. The van der Waals surface area contributed by atoms with E-state index in [0.717, 1.165) is 27.7 Å². The summed E-state index contributed by atoms with van der Waals surface area (Å²) in [5, 5.41) is 6.50. The predicted octanol–water partition coefficient (Wildman–Crippen LogP) is 1.31. The first-order valence-electron chi connectivity index (χ1n) is 8.93. The fourth-order valence-electron chi connectivity index (χ4n) is 3.31. The van der Waals surface area contributed by atoms with Crippen molar-refractivity contribution >= 4 is 13.7 Å². The van der Waals surface area contributed by atoms with Crippen LogP contribution in [0.2, 0.25) is 0 Å². The normalized spacial score (nSPS) is 16.6. The molecule has 32 heavy (non-hydrogen) atoms. The molecule has 3 rings (SSSR count). The summed E-state index contributed by atoms with van der Waals surface area (Å²) in [7, 11) is -5.28. The summed E-state index contributed by atoms with van der Waals surface area (Å²) in [4.78, 5) is 32.1. The lowest BCUT2D eigenvalue weighted by Gasteiger charge is -2.33. The summed E-state index contributed by atoms with van der Waals surface area (Å²) in [5.74, 6) is -4.05. The number of phosphoric ester groups is 1. The van der Waals surface area contributed by atoms with Crippen LogP contribution in [-0.4, -0.2) is 47.6 Å². The van der Waals surface area contributed by atoms with Gasteiger partial charge in [0.15, 0.2) is 5.82 Å².